The average Bonchev–Trinajstić information content (AvgIpc) is 2.65. The lowest BCUT2D eigenvalue weighted by atomic mass is 9.98. The Morgan fingerprint density at radius 2 is 1.48 bits per heavy atom. The Morgan fingerprint density at radius 3 is 2.03 bits per heavy atom. The number of benzene rings is 1. The molecule has 0 spiro atoms. The van der Waals surface area contributed by atoms with Gasteiger partial charge >= 0.3 is 6.09 Å². The Morgan fingerprint density at radius 1 is 0.931 bits per heavy atom. The Hall–Kier alpha value is -3.10. The summed E-state index contributed by atoms with van der Waals surface area (Å²) in [5.41, 5.74) is -1.84. The number of alkyl carbamates (subject to hydrolysis) is 1. The highest BCUT2D eigenvalue weighted by molar-refractivity contribution is 5.97. The van der Waals surface area contributed by atoms with Gasteiger partial charge in [-0.05, 0) is 40.2 Å². The van der Waals surface area contributed by atoms with Gasteiger partial charge < -0.3 is 26.0 Å². The molecule has 0 bridgehead atoms. The van der Waals surface area contributed by atoms with Crippen LogP contribution in [0.1, 0.15) is 40.2 Å². The number of amides is 4. The van der Waals surface area contributed by atoms with Crippen molar-refractivity contribution in [1.82, 2.24) is 21.3 Å². The number of likely N-dealkylation sites (N-methyl/N-ethyl adjacent to an activating group) is 1. The molecule has 29 heavy (non-hydrogen) atoms. The lowest BCUT2D eigenvalue weighted by molar-refractivity contribution is -0.136. The zero-order valence-corrected chi connectivity index (χ0v) is 17.7. The van der Waals surface area contributed by atoms with Gasteiger partial charge in [0.1, 0.15) is 23.7 Å². The molecule has 4 N–H and O–H groups in total. The molecule has 0 saturated heterocycles. The summed E-state index contributed by atoms with van der Waals surface area (Å²) in [6.45, 7) is 7.58. The molecule has 9 nitrogen and oxygen atoms in total. The first kappa shape index (κ1) is 23.9. The number of ether oxygens (including phenoxy) is 1. The van der Waals surface area contributed by atoms with Crippen LogP contribution in [0.5, 0.6) is 0 Å². The van der Waals surface area contributed by atoms with E-state index in [4.69, 9.17) is 4.74 Å². The molecule has 0 aromatic heterocycles. The number of hydrogen-bond acceptors (Lipinski definition) is 5. The highest BCUT2D eigenvalue weighted by Crippen LogP contribution is 2.10. The average molecular weight is 406 g/mol. The first-order valence-electron chi connectivity index (χ1n) is 9.23. The van der Waals surface area contributed by atoms with Crippen molar-refractivity contribution >= 4 is 23.8 Å². The summed E-state index contributed by atoms with van der Waals surface area (Å²) in [7, 11) is 1.46. The molecular formula is C20H30N4O5. The fraction of sp³-hybridized carbons (Fsp3) is 0.500. The maximum absolute atomic E-state index is 12.6. The van der Waals surface area contributed by atoms with Crippen molar-refractivity contribution in [2.75, 3.05) is 7.05 Å². The lowest BCUT2D eigenvalue weighted by Gasteiger charge is -2.32. The molecule has 0 aliphatic heterocycles. The maximum atomic E-state index is 12.6. The molecule has 0 heterocycles. The van der Waals surface area contributed by atoms with Gasteiger partial charge in [-0.25, -0.2) is 4.79 Å². The second-order valence-corrected chi connectivity index (χ2v) is 7.70. The van der Waals surface area contributed by atoms with E-state index in [-0.39, 0.29) is 12.5 Å². The molecule has 0 unspecified atom stereocenters. The molecule has 0 radical (unpaired) electrons. The predicted molar refractivity (Wildman–Crippen MR) is 108 cm³/mol. The Balaban J connectivity index is 2.63. The number of rotatable bonds is 8. The van der Waals surface area contributed by atoms with Crippen LogP contribution < -0.4 is 21.3 Å². The SMILES string of the molecule is CNC(=O)[C@H](C)NC(=O)C(C)(C)NC(=O)C(C)(C)NC(=O)OCc1ccccc1. The van der Waals surface area contributed by atoms with Crippen LogP contribution in [0.3, 0.4) is 0 Å². The summed E-state index contributed by atoms with van der Waals surface area (Å²) in [4.78, 5) is 48.7. The van der Waals surface area contributed by atoms with Crippen molar-refractivity contribution in [3.8, 4) is 0 Å². The van der Waals surface area contributed by atoms with Gasteiger partial charge in [-0.15, -0.1) is 0 Å². The summed E-state index contributed by atoms with van der Waals surface area (Å²) >= 11 is 0. The van der Waals surface area contributed by atoms with Gasteiger partial charge in [0.25, 0.3) is 0 Å². The van der Waals surface area contributed by atoms with Gasteiger partial charge in [0.15, 0.2) is 0 Å². The van der Waals surface area contributed by atoms with Gasteiger partial charge in [-0.3, -0.25) is 14.4 Å². The molecule has 0 fully saturated rings. The van der Waals surface area contributed by atoms with E-state index < -0.39 is 35.0 Å². The molecule has 0 aliphatic carbocycles. The second kappa shape index (κ2) is 9.90. The number of nitrogens with one attached hydrogen (secondary N) is 4. The van der Waals surface area contributed by atoms with E-state index in [1.54, 1.807) is 0 Å². The second-order valence-electron chi connectivity index (χ2n) is 7.70. The molecule has 1 aromatic rings. The van der Waals surface area contributed by atoms with Crippen molar-refractivity contribution in [3.05, 3.63) is 35.9 Å². The third-order valence-corrected chi connectivity index (χ3v) is 4.18. The first-order valence-corrected chi connectivity index (χ1v) is 9.23. The highest BCUT2D eigenvalue weighted by Gasteiger charge is 2.37. The monoisotopic (exact) mass is 406 g/mol. The fourth-order valence-electron chi connectivity index (χ4n) is 2.23. The summed E-state index contributed by atoms with van der Waals surface area (Å²) in [6.07, 6.45) is -0.760. The Labute approximate surface area is 170 Å². The number of carbonyl (C=O) groups excluding carboxylic acids is 4. The van der Waals surface area contributed by atoms with Crippen LogP contribution in [0.2, 0.25) is 0 Å². The number of hydrogen-bond donors (Lipinski definition) is 4. The number of carbonyl (C=O) groups is 4. The van der Waals surface area contributed by atoms with Gasteiger partial charge in [0.2, 0.25) is 17.7 Å². The van der Waals surface area contributed by atoms with E-state index in [9.17, 15) is 19.2 Å². The zero-order valence-electron chi connectivity index (χ0n) is 17.7. The summed E-state index contributed by atoms with van der Waals surface area (Å²) in [6, 6.07) is 8.36. The largest absolute Gasteiger partial charge is 0.445 e. The quantitative estimate of drug-likeness (QED) is 0.509. The van der Waals surface area contributed by atoms with E-state index in [0.29, 0.717) is 0 Å². The minimum atomic E-state index is -1.34. The van der Waals surface area contributed by atoms with Gasteiger partial charge in [-0.2, -0.15) is 0 Å². The van der Waals surface area contributed by atoms with Crippen molar-refractivity contribution in [2.45, 2.75) is 58.3 Å². The first-order chi connectivity index (χ1) is 13.4. The molecule has 0 aliphatic rings. The molecule has 160 valence electrons. The third-order valence-electron chi connectivity index (χ3n) is 4.18. The van der Waals surface area contributed by atoms with Crippen LogP contribution >= 0.6 is 0 Å². The van der Waals surface area contributed by atoms with Gasteiger partial charge in [-0.1, -0.05) is 30.3 Å². The molecule has 4 amide bonds. The van der Waals surface area contributed by atoms with E-state index in [0.717, 1.165) is 5.56 Å². The summed E-state index contributed by atoms with van der Waals surface area (Å²) in [5.74, 6) is -1.48. The normalized spacial score (nSPS) is 12.3. The van der Waals surface area contributed by atoms with E-state index in [1.165, 1.54) is 41.7 Å². The molecule has 1 atom stereocenters. The van der Waals surface area contributed by atoms with Gasteiger partial charge in [0.05, 0.1) is 0 Å². The summed E-state index contributed by atoms with van der Waals surface area (Å²) in [5, 5.41) is 10.0. The van der Waals surface area contributed by atoms with E-state index >= 15 is 0 Å². The van der Waals surface area contributed by atoms with Crippen molar-refractivity contribution < 1.29 is 23.9 Å². The van der Waals surface area contributed by atoms with Gasteiger partial charge in [0, 0.05) is 7.05 Å². The molecule has 1 aromatic carbocycles. The lowest BCUT2D eigenvalue weighted by Crippen LogP contribution is -2.64. The topological polar surface area (TPSA) is 126 Å². The molecule has 9 heteroatoms. The third kappa shape index (κ3) is 7.44. The predicted octanol–water partition coefficient (Wildman–Crippen LogP) is 0.837. The standard InChI is InChI=1S/C20H30N4O5/c1-13(15(25)21-6)22-16(26)19(2,3)23-17(27)20(4,5)24-18(28)29-12-14-10-8-7-9-11-14/h7-11,13H,12H2,1-6H3,(H,21,25)(H,22,26)(H,23,27)(H,24,28)/t13-/m0/s1. The van der Waals surface area contributed by atoms with Crippen molar-refractivity contribution in [2.24, 2.45) is 0 Å². The highest BCUT2D eigenvalue weighted by atomic mass is 16.5. The Kier molecular flexibility index (Phi) is 8.17. The zero-order chi connectivity index (χ0) is 22.2. The minimum absolute atomic E-state index is 0.0651. The Bertz CT molecular complexity index is 746. The smallest absolute Gasteiger partial charge is 0.408 e. The molecule has 0 saturated carbocycles. The van der Waals surface area contributed by atoms with Crippen molar-refractivity contribution in [3.63, 3.8) is 0 Å². The van der Waals surface area contributed by atoms with Crippen LogP contribution in [0, 0.1) is 0 Å². The van der Waals surface area contributed by atoms with Crippen molar-refractivity contribution in [1.29, 1.82) is 0 Å². The van der Waals surface area contributed by atoms with Crippen LogP contribution in [0.15, 0.2) is 30.3 Å². The van der Waals surface area contributed by atoms with Crippen LogP contribution in [0.4, 0.5) is 4.79 Å². The minimum Gasteiger partial charge on any atom is -0.445 e. The summed E-state index contributed by atoms with van der Waals surface area (Å²) < 4.78 is 5.13. The molecular weight excluding hydrogens is 376 g/mol. The van der Waals surface area contributed by atoms with Crippen LogP contribution in [-0.4, -0.2) is 48.0 Å². The van der Waals surface area contributed by atoms with E-state index in [1.807, 2.05) is 30.3 Å². The van der Waals surface area contributed by atoms with E-state index in [2.05, 4.69) is 21.3 Å². The van der Waals surface area contributed by atoms with Crippen LogP contribution in [0.25, 0.3) is 0 Å². The fourth-order valence-corrected chi connectivity index (χ4v) is 2.23. The molecule has 1 rings (SSSR count). The maximum Gasteiger partial charge on any atom is 0.408 e. The van der Waals surface area contributed by atoms with Crippen LogP contribution in [-0.2, 0) is 25.7 Å².